The third kappa shape index (κ3) is 1.54. The van der Waals surface area contributed by atoms with Gasteiger partial charge in [-0.1, -0.05) is 18.2 Å². The van der Waals surface area contributed by atoms with Gasteiger partial charge in [0, 0.05) is 17.7 Å². The molecule has 1 heterocycles. The number of imide groups is 3. The molecular formula is C12H9NO3. The number of amides is 3. The first-order chi connectivity index (χ1) is 7.61. The molecule has 0 N–H and O–H groups in total. The second-order valence-corrected chi connectivity index (χ2v) is 3.47. The van der Waals surface area contributed by atoms with Crippen LogP contribution in [-0.2, 0) is 9.59 Å². The Morgan fingerprint density at radius 1 is 1.06 bits per heavy atom. The van der Waals surface area contributed by atoms with Crippen LogP contribution in [0.25, 0.3) is 0 Å². The van der Waals surface area contributed by atoms with Crippen molar-refractivity contribution in [2.75, 3.05) is 0 Å². The summed E-state index contributed by atoms with van der Waals surface area (Å²) in [6.07, 6.45) is 2.19. The molecule has 0 aliphatic carbocycles. The van der Waals surface area contributed by atoms with Crippen LogP contribution in [0.5, 0.6) is 0 Å². The van der Waals surface area contributed by atoms with Crippen LogP contribution in [0.1, 0.15) is 15.9 Å². The number of aryl methyl sites for hydroxylation is 1. The van der Waals surface area contributed by atoms with E-state index < -0.39 is 17.7 Å². The molecule has 3 amide bonds. The SMILES string of the molecule is Cc1ccccc1C(=O)N1C(=O)C=CC1=O. The van der Waals surface area contributed by atoms with Gasteiger partial charge in [0.15, 0.2) is 0 Å². The zero-order valence-corrected chi connectivity index (χ0v) is 8.64. The minimum Gasteiger partial charge on any atom is -0.269 e. The molecule has 80 valence electrons. The van der Waals surface area contributed by atoms with Crippen molar-refractivity contribution in [1.82, 2.24) is 4.90 Å². The topological polar surface area (TPSA) is 54.5 Å². The van der Waals surface area contributed by atoms with Gasteiger partial charge in [-0.3, -0.25) is 14.4 Å². The van der Waals surface area contributed by atoms with Gasteiger partial charge in [-0.2, -0.15) is 0 Å². The second kappa shape index (κ2) is 3.73. The maximum atomic E-state index is 11.9. The Morgan fingerprint density at radius 2 is 1.62 bits per heavy atom. The molecule has 2 rings (SSSR count). The summed E-state index contributed by atoms with van der Waals surface area (Å²) in [4.78, 5) is 35.2. The Morgan fingerprint density at radius 3 is 2.19 bits per heavy atom. The predicted octanol–water partition coefficient (Wildman–Crippen LogP) is 1.06. The van der Waals surface area contributed by atoms with E-state index in [0.717, 1.165) is 17.7 Å². The molecule has 4 nitrogen and oxygen atoms in total. The Bertz CT molecular complexity index is 499. The molecule has 0 saturated carbocycles. The van der Waals surface area contributed by atoms with Gasteiger partial charge in [-0.15, -0.1) is 0 Å². The lowest BCUT2D eigenvalue weighted by Crippen LogP contribution is -2.36. The van der Waals surface area contributed by atoms with E-state index in [0.29, 0.717) is 10.5 Å². The van der Waals surface area contributed by atoms with Crippen molar-refractivity contribution in [3.05, 3.63) is 47.5 Å². The summed E-state index contributed by atoms with van der Waals surface area (Å²) >= 11 is 0. The number of carbonyl (C=O) groups is 3. The molecule has 0 bridgehead atoms. The normalized spacial score (nSPS) is 14.7. The molecule has 1 aliphatic heterocycles. The lowest BCUT2D eigenvalue weighted by Gasteiger charge is -2.12. The van der Waals surface area contributed by atoms with E-state index in [1.54, 1.807) is 31.2 Å². The number of carbonyl (C=O) groups excluding carboxylic acids is 3. The fraction of sp³-hybridized carbons (Fsp3) is 0.0833. The molecule has 0 saturated heterocycles. The van der Waals surface area contributed by atoms with Crippen LogP contribution in [0.3, 0.4) is 0 Å². The van der Waals surface area contributed by atoms with Gasteiger partial charge < -0.3 is 0 Å². The number of hydrogen-bond acceptors (Lipinski definition) is 3. The molecule has 1 aliphatic rings. The molecule has 0 fully saturated rings. The Labute approximate surface area is 92.2 Å². The molecule has 0 radical (unpaired) electrons. The first-order valence-electron chi connectivity index (χ1n) is 4.77. The lowest BCUT2D eigenvalue weighted by atomic mass is 10.1. The molecule has 0 unspecified atom stereocenters. The van der Waals surface area contributed by atoms with Gasteiger partial charge in [0.05, 0.1) is 0 Å². The van der Waals surface area contributed by atoms with Crippen LogP contribution >= 0.6 is 0 Å². The van der Waals surface area contributed by atoms with Gasteiger partial charge in [-0.05, 0) is 18.6 Å². The number of nitrogens with zero attached hydrogens (tertiary/aromatic N) is 1. The predicted molar refractivity (Wildman–Crippen MR) is 56.5 cm³/mol. The first-order valence-corrected chi connectivity index (χ1v) is 4.77. The van der Waals surface area contributed by atoms with Crippen LogP contribution in [0.4, 0.5) is 0 Å². The van der Waals surface area contributed by atoms with Crippen LogP contribution in [-0.4, -0.2) is 22.6 Å². The van der Waals surface area contributed by atoms with E-state index in [4.69, 9.17) is 0 Å². The van der Waals surface area contributed by atoms with Gasteiger partial charge in [0.2, 0.25) is 0 Å². The largest absolute Gasteiger partial charge is 0.269 e. The van der Waals surface area contributed by atoms with E-state index in [9.17, 15) is 14.4 Å². The van der Waals surface area contributed by atoms with Crippen molar-refractivity contribution in [2.45, 2.75) is 6.92 Å². The maximum Gasteiger partial charge on any atom is 0.268 e. The molecular weight excluding hydrogens is 206 g/mol. The quantitative estimate of drug-likeness (QED) is 0.658. The number of benzene rings is 1. The van der Waals surface area contributed by atoms with Crippen molar-refractivity contribution in [3.8, 4) is 0 Å². The highest BCUT2D eigenvalue weighted by Crippen LogP contribution is 2.14. The summed E-state index contributed by atoms with van der Waals surface area (Å²) in [5, 5.41) is 0. The third-order valence-corrected chi connectivity index (χ3v) is 2.39. The average molecular weight is 215 g/mol. The summed E-state index contributed by atoms with van der Waals surface area (Å²) in [5.74, 6) is -1.74. The minimum atomic E-state index is -0.585. The van der Waals surface area contributed by atoms with Crippen molar-refractivity contribution in [1.29, 1.82) is 0 Å². The van der Waals surface area contributed by atoms with Crippen LogP contribution in [0.2, 0.25) is 0 Å². The Hall–Kier alpha value is -2.23. The van der Waals surface area contributed by atoms with Crippen LogP contribution in [0.15, 0.2) is 36.4 Å². The molecule has 4 heteroatoms. The fourth-order valence-electron chi connectivity index (χ4n) is 1.53. The van der Waals surface area contributed by atoms with Gasteiger partial charge >= 0.3 is 0 Å². The monoisotopic (exact) mass is 215 g/mol. The van der Waals surface area contributed by atoms with E-state index in [-0.39, 0.29) is 0 Å². The second-order valence-electron chi connectivity index (χ2n) is 3.47. The minimum absolute atomic E-state index is 0.368. The van der Waals surface area contributed by atoms with Crippen LogP contribution < -0.4 is 0 Å². The van der Waals surface area contributed by atoms with Crippen molar-refractivity contribution < 1.29 is 14.4 Å². The smallest absolute Gasteiger partial charge is 0.268 e. The molecule has 1 aromatic rings. The maximum absolute atomic E-state index is 11.9. The van der Waals surface area contributed by atoms with Crippen molar-refractivity contribution in [2.24, 2.45) is 0 Å². The number of rotatable bonds is 1. The summed E-state index contributed by atoms with van der Waals surface area (Å²) < 4.78 is 0. The van der Waals surface area contributed by atoms with Crippen LogP contribution in [0, 0.1) is 6.92 Å². The fourth-order valence-corrected chi connectivity index (χ4v) is 1.53. The standard InChI is InChI=1S/C12H9NO3/c1-8-4-2-3-5-9(8)12(16)13-10(14)6-7-11(13)15/h2-7H,1H3. The first kappa shape index (κ1) is 10.3. The summed E-state index contributed by atoms with van der Waals surface area (Å²) in [6.45, 7) is 1.76. The molecule has 16 heavy (non-hydrogen) atoms. The average Bonchev–Trinajstić information content (AvgIpc) is 2.58. The Kier molecular flexibility index (Phi) is 2.40. The third-order valence-electron chi connectivity index (χ3n) is 2.39. The van der Waals surface area contributed by atoms with Gasteiger partial charge in [-0.25, -0.2) is 4.90 Å². The molecule has 1 aromatic carbocycles. The van der Waals surface area contributed by atoms with E-state index in [1.165, 1.54) is 0 Å². The highest BCUT2D eigenvalue weighted by molar-refractivity contribution is 6.25. The molecule has 0 atom stereocenters. The highest BCUT2D eigenvalue weighted by atomic mass is 16.2. The van der Waals surface area contributed by atoms with E-state index >= 15 is 0 Å². The van der Waals surface area contributed by atoms with Gasteiger partial charge in [0.25, 0.3) is 17.7 Å². The van der Waals surface area contributed by atoms with Crippen molar-refractivity contribution in [3.63, 3.8) is 0 Å². The summed E-state index contributed by atoms with van der Waals surface area (Å²) in [6, 6.07) is 6.83. The van der Waals surface area contributed by atoms with E-state index in [1.807, 2.05) is 0 Å². The Balaban J connectivity index is 2.37. The summed E-state index contributed by atoms with van der Waals surface area (Å²) in [7, 11) is 0. The zero-order valence-electron chi connectivity index (χ0n) is 8.64. The van der Waals surface area contributed by atoms with E-state index in [2.05, 4.69) is 0 Å². The lowest BCUT2D eigenvalue weighted by molar-refractivity contribution is -0.133. The molecule has 0 spiro atoms. The highest BCUT2D eigenvalue weighted by Gasteiger charge is 2.31. The summed E-state index contributed by atoms with van der Waals surface area (Å²) in [5.41, 5.74) is 1.10. The van der Waals surface area contributed by atoms with Gasteiger partial charge in [0.1, 0.15) is 0 Å². The zero-order chi connectivity index (χ0) is 11.7. The number of hydrogen-bond donors (Lipinski definition) is 0. The molecule has 0 aromatic heterocycles. The van der Waals surface area contributed by atoms with Crippen molar-refractivity contribution >= 4 is 17.7 Å².